The number of imidazole rings is 1. The molecule has 0 aliphatic carbocycles. The second-order valence-corrected chi connectivity index (χ2v) is 7.88. The number of methoxy groups -OCH3 is 1. The van der Waals surface area contributed by atoms with Gasteiger partial charge in [-0.25, -0.2) is 0 Å². The summed E-state index contributed by atoms with van der Waals surface area (Å²) in [7, 11) is 3.41. The van der Waals surface area contributed by atoms with Gasteiger partial charge in [-0.2, -0.15) is 5.26 Å². The minimum atomic E-state index is 0.250. The Morgan fingerprint density at radius 2 is 1.78 bits per heavy atom. The second-order valence-electron chi connectivity index (χ2n) is 7.45. The fourth-order valence-electron chi connectivity index (χ4n) is 4.01. The largest absolute Gasteiger partial charge is 0.495 e. The van der Waals surface area contributed by atoms with E-state index in [0.717, 1.165) is 33.1 Å². The normalized spacial score (nSPS) is 11.1. The Labute approximate surface area is 189 Å². The van der Waals surface area contributed by atoms with Gasteiger partial charge in [-0.3, -0.25) is 15.0 Å². The lowest BCUT2D eigenvalue weighted by molar-refractivity contribution is 0.412. The maximum atomic E-state index is 9.44. The van der Waals surface area contributed by atoms with Gasteiger partial charge >= 0.3 is 0 Å². The van der Waals surface area contributed by atoms with Crippen LogP contribution in [-0.4, -0.2) is 21.2 Å². The molecule has 0 spiro atoms. The quantitative estimate of drug-likeness (QED) is 0.419. The fourth-order valence-corrected chi connectivity index (χ4v) is 4.14. The Morgan fingerprint density at radius 1 is 1.03 bits per heavy atom. The molecule has 5 rings (SSSR count). The maximum absolute atomic E-state index is 9.44. The van der Waals surface area contributed by atoms with Gasteiger partial charge in [0.2, 0.25) is 5.62 Å². The number of aromatic nitrogens is 3. The predicted molar refractivity (Wildman–Crippen MR) is 125 cm³/mol. The van der Waals surface area contributed by atoms with E-state index < -0.39 is 0 Å². The molecule has 0 saturated carbocycles. The molecule has 0 atom stereocenters. The molecular formula is C25H18ClN5O. The number of benzene rings is 3. The van der Waals surface area contributed by atoms with Crippen molar-refractivity contribution < 1.29 is 4.74 Å². The first kappa shape index (κ1) is 19.9. The number of ether oxygens (including phenoxy) is 1. The van der Waals surface area contributed by atoms with Gasteiger partial charge in [0.05, 0.1) is 47.2 Å². The number of halogens is 1. The van der Waals surface area contributed by atoms with Crippen LogP contribution in [0.15, 0.2) is 66.9 Å². The molecule has 0 fully saturated rings. The van der Waals surface area contributed by atoms with Crippen molar-refractivity contribution in [3.05, 3.63) is 83.1 Å². The van der Waals surface area contributed by atoms with Gasteiger partial charge in [-0.15, -0.1) is 0 Å². The van der Waals surface area contributed by atoms with Gasteiger partial charge in [-0.1, -0.05) is 29.8 Å². The van der Waals surface area contributed by atoms with Gasteiger partial charge in [0.1, 0.15) is 5.75 Å². The van der Waals surface area contributed by atoms with Crippen LogP contribution >= 0.6 is 11.6 Å². The zero-order valence-corrected chi connectivity index (χ0v) is 18.2. The van der Waals surface area contributed by atoms with Crippen LogP contribution in [0.2, 0.25) is 5.02 Å². The highest BCUT2D eigenvalue weighted by Gasteiger charge is 2.18. The molecule has 0 bridgehead atoms. The van der Waals surface area contributed by atoms with Crippen LogP contribution in [0.1, 0.15) is 5.56 Å². The molecule has 7 heteroatoms. The molecule has 156 valence electrons. The lowest BCUT2D eigenvalue weighted by Gasteiger charge is -2.12. The highest BCUT2D eigenvalue weighted by Crippen LogP contribution is 2.32. The smallest absolute Gasteiger partial charge is 0.207 e. The van der Waals surface area contributed by atoms with Crippen molar-refractivity contribution in [2.75, 3.05) is 7.11 Å². The molecule has 0 aliphatic heterocycles. The van der Waals surface area contributed by atoms with E-state index >= 15 is 0 Å². The van der Waals surface area contributed by atoms with Gasteiger partial charge in [0.25, 0.3) is 0 Å². The van der Waals surface area contributed by atoms with Crippen LogP contribution < -0.4 is 10.4 Å². The summed E-state index contributed by atoms with van der Waals surface area (Å²) in [6.07, 6.45) is 1.77. The van der Waals surface area contributed by atoms with Crippen LogP contribution in [0, 0.1) is 16.7 Å². The molecule has 3 aromatic carbocycles. The van der Waals surface area contributed by atoms with Crippen molar-refractivity contribution in [2.24, 2.45) is 7.05 Å². The predicted octanol–water partition coefficient (Wildman–Crippen LogP) is 5.20. The molecular weight excluding hydrogens is 422 g/mol. The highest BCUT2D eigenvalue weighted by molar-refractivity contribution is 6.30. The molecule has 2 heterocycles. The van der Waals surface area contributed by atoms with E-state index in [1.807, 2.05) is 48.0 Å². The summed E-state index contributed by atoms with van der Waals surface area (Å²) in [6, 6.07) is 21.1. The van der Waals surface area contributed by atoms with Crippen LogP contribution in [0.25, 0.3) is 38.8 Å². The Balaban J connectivity index is 1.89. The van der Waals surface area contributed by atoms with Gasteiger partial charge in [0.15, 0.2) is 0 Å². The Kier molecular flexibility index (Phi) is 4.69. The number of aryl methyl sites for hydroxylation is 1. The minimum Gasteiger partial charge on any atom is -0.495 e. The third kappa shape index (κ3) is 3.03. The summed E-state index contributed by atoms with van der Waals surface area (Å²) in [4.78, 5) is 4.62. The van der Waals surface area contributed by atoms with Crippen LogP contribution in [0.4, 0.5) is 0 Å². The number of nitrogens with zero attached hydrogens (tertiary/aromatic N) is 4. The monoisotopic (exact) mass is 439 g/mol. The van der Waals surface area contributed by atoms with E-state index in [1.165, 1.54) is 0 Å². The first-order valence-corrected chi connectivity index (χ1v) is 10.3. The van der Waals surface area contributed by atoms with Crippen molar-refractivity contribution in [2.45, 2.75) is 0 Å². The zero-order chi connectivity index (χ0) is 22.4. The topological polar surface area (TPSA) is 79.6 Å². The molecule has 0 saturated heterocycles. The lowest BCUT2D eigenvalue weighted by atomic mass is 10.0. The van der Waals surface area contributed by atoms with E-state index in [9.17, 15) is 5.26 Å². The van der Waals surface area contributed by atoms with Gasteiger partial charge in [0, 0.05) is 17.5 Å². The third-order valence-corrected chi connectivity index (χ3v) is 5.91. The molecule has 0 radical (unpaired) electrons. The van der Waals surface area contributed by atoms with E-state index in [1.54, 1.807) is 36.1 Å². The Bertz CT molecular complexity index is 1610. The molecule has 6 nitrogen and oxygen atoms in total. The van der Waals surface area contributed by atoms with Crippen molar-refractivity contribution in [1.82, 2.24) is 14.1 Å². The van der Waals surface area contributed by atoms with Gasteiger partial charge < -0.3 is 9.30 Å². The van der Waals surface area contributed by atoms with E-state index in [0.29, 0.717) is 22.0 Å². The van der Waals surface area contributed by atoms with Crippen LogP contribution in [0.3, 0.4) is 0 Å². The van der Waals surface area contributed by atoms with Crippen molar-refractivity contribution in [1.29, 1.82) is 10.7 Å². The highest BCUT2D eigenvalue weighted by atomic mass is 35.5. The minimum absolute atomic E-state index is 0.250. The summed E-state index contributed by atoms with van der Waals surface area (Å²) in [5, 5.41) is 19.8. The molecule has 0 unspecified atom stereocenters. The number of pyridine rings is 1. The second kappa shape index (κ2) is 7.56. The molecule has 0 amide bonds. The molecule has 32 heavy (non-hydrogen) atoms. The molecule has 5 aromatic rings. The summed E-state index contributed by atoms with van der Waals surface area (Å²) in [5.41, 5.74) is 5.86. The zero-order valence-electron chi connectivity index (χ0n) is 17.4. The Morgan fingerprint density at radius 3 is 2.50 bits per heavy atom. The number of hydrogen-bond donors (Lipinski definition) is 1. The molecule has 2 aromatic heterocycles. The summed E-state index contributed by atoms with van der Waals surface area (Å²) in [5.74, 6) is 0.578. The van der Waals surface area contributed by atoms with E-state index in [2.05, 4.69) is 17.1 Å². The van der Waals surface area contributed by atoms with Crippen molar-refractivity contribution in [3.8, 4) is 28.6 Å². The number of rotatable bonds is 3. The number of fused-ring (bicyclic) bond motifs is 3. The number of nitrogens with one attached hydrogen (secondary N) is 1. The van der Waals surface area contributed by atoms with Crippen molar-refractivity contribution in [3.63, 3.8) is 0 Å². The number of hydrogen-bond acceptors (Lipinski definition) is 4. The first-order valence-electron chi connectivity index (χ1n) is 9.91. The maximum Gasteiger partial charge on any atom is 0.207 e. The fraction of sp³-hybridized carbons (Fsp3) is 0.0800. The van der Waals surface area contributed by atoms with Gasteiger partial charge in [-0.05, 0) is 53.6 Å². The molecule has 1 N–H and O–H groups in total. The summed E-state index contributed by atoms with van der Waals surface area (Å²) in [6.45, 7) is 0. The summed E-state index contributed by atoms with van der Waals surface area (Å²) < 4.78 is 9.16. The standard InChI is InChI=1S/C25H18ClN5O/c1-30-22-14-29-20-9-6-17(16-4-7-18(26)8-5-16)12-19(20)24(22)31(25(30)28)21-11-15(13-27)3-10-23(21)32-2/h3-12,14,28H,1-2H3. The number of nitriles is 1. The average Bonchev–Trinajstić information content (AvgIpc) is 3.09. The van der Waals surface area contributed by atoms with E-state index in [-0.39, 0.29) is 5.62 Å². The summed E-state index contributed by atoms with van der Waals surface area (Å²) >= 11 is 6.06. The average molecular weight is 440 g/mol. The van der Waals surface area contributed by atoms with E-state index in [4.69, 9.17) is 21.7 Å². The van der Waals surface area contributed by atoms with Crippen molar-refractivity contribution >= 4 is 33.5 Å². The lowest BCUT2D eigenvalue weighted by Crippen LogP contribution is -2.21. The molecule has 0 aliphatic rings. The van der Waals surface area contributed by atoms with Crippen LogP contribution in [-0.2, 0) is 7.05 Å². The Hall–Kier alpha value is -4.08. The third-order valence-electron chi connectivity index (χ3n) is 5.66. The first-order chi connectivity index (χ1) is 15.5. The van der Waals surface area contributed by atoms with Crippen LogP contribution in [0.5, 0.6) is 5.75 Å². The SMILES string of the molecule is COc1ccc(C#N)cc1-n1c(=N)n(C)c2cnc3ccc(-c4ccc(Cl)cc4)cc3c21.